The quantitative estimate of drug-likeness (QED) is 0.668. The number of nitrogens with zero attached hydrogens (tertiary/aromatic N) is 4. The van der Waals surface area contributed by atoms with Crippen LogP contribution in [-0.4, -0.2) is 47.2 Å². The highest BCUT2D eigenvalue weighted by Crippen LogP contribution is 2.26. The third-order valence-electron chi connectivity index (χ3n) is 4.57. The van der Waals surface area contributed by atoms with Gasteiger partial charge in [-0.15, -0.1) is 0 Å². The van der Waals surface area contributed by atoms with Gasteiger partial charge in [-0.05, 0) is 29.8 Å². The average Bonchev–Trinajstić information content (AvgIpc) is 2.79. The van der Waals surface area contributed by atoms with Crippen LogP contribution in [0.3, 0.4) is 0 Å². The number of para-hydroxylation sites is 2. The van der Waals surface area contributed by atoms with E-state index in [0.29, 0.717) is 31.4 Å². The predicted octanol–water partition coefficient (Wildman–Crippen LogP) is 2.57. The van der Waals surface area contributed by atoms with Crippen LogP contribution in [0.25, 0.3) is 0 Å². The van der Waals surface area contributed by atoms with Gasteiger partial charge in [0.15, 0.2) is 0 Å². The van der Waals surface area contributed by atoms with Crippen LogP contribution in [0.4, 0.5) is 17.3 Å². The normalized spacial score (nSPS) is 13.7. The van der Waals surface area contributed by atoms with Crippen LogP contribution < -0.4 is 15.5 Å². The first kappa shape index (κ1) is 18.8. The number of ether oxygens (including phenoxy) is 1. The molecule has 0 radical (unpaired) electrons. The van der Waals surface area contributed by atoms with E-state index in [4.69, 9.17) is 4.74 Å². The number of carbonyl (C=O) groups excluding carboxylic acids is 1. The molecular formula is C21H22N6O2. The summed E-state index contributed by atoms with van der Waals surface area (Å²) in [5, 5.41) is 6.09. The minimum atomic E-state index is -0.280. The van der Waals surface area contributed by atoms with Crippen LogP contribution in [0, 0.1) is 0 Å². The summed E-state index contributed by atoms with van der Waals surface area (Å²) < 4.78 is 5.42. The molecule has 0 aliphatic carbocycles. The van der Waals surface area contributed by atoms with Crippen LogP contribution in [0.5, 0.6) is 0 Å². The summed E-state index contributed by atoms with van der Waals surface area (Å²) in [5.74, 6) is 0.112. The van der Waals surface area contributed by atoms with E-state index in [1.165, 1.54) is 0 Å². The first-order valence-corrected chi connectivity index (χ1v) is 9.48. The van der Waals surface area contributed by atoms with E-state index in [-0.39, 0.29) is 5.91 Å². The highest BCUT2D eigenvalue weighted by atomic mass is 16.5. The first-order valence-electron chi connectivity index (χ1n) is 9.48. The lowest BCUT2D eigenvalue weighted by Crippen LogP contribution is -2.36. The molecule has 0 unspecified atom stereocenters. The zero-order valence-corrected chi connectivity index (χ0v) is 15.9. The molecule has 29 heavy (non-hydrogen) atoms. The molecule has 0 bridgehead atoms. The second-order valence-electron chi connectivity index (χ2n) is 6.55. The fourth-order valence-electron chi connectivity index (χ4n) is 3.10. The molecule has 8 nitrogen and oxygen atoms in total. The van der Waals surface area contributed by atoms with Crippen LogP contribution in [0.2, 0.25) is 0 Å². The zero-order chi connectivity index (χ0) is 19.9. The van der Waals surface area contributed by atoms with Gasteiger partial charge in [0.25, 0.3) is 5.91 Å². The van der Waals surface area contributed by atoms with E-state index in [1.54, 1.807) is 24.7 Å². The van der Waals surface area contributed by atoms with Crippen molar-refractivity contribution in [3.8, 4) is 0 Å². The second-order valence-corrected chi connectivity index (χ2v) is 6.55. The molecule has 3 aromatic rings. The van der Waals surface area contributed by atoms with E-state index in [9.17, 15) is 4.79 Å². The maximum absolute atomic E-state index is 12.8. The number of morpholine rings is 1. The number of nitrogens with one attached hydrogen (secondary N) is 2. The van der Waals surface area contributed by atoms with Gasteiger partial charge in [0.1, 0.15) is 5.69 Å². The standard InChI is InChI=1S/C21H22N6O2/c28-20(25-17-5-1-2-6-19(17)27-10-12-29-13-11-27)18-7-9-23-21(26-18)24-15-16-4-3-8-22-14-16/h1-9,14H,10-13,15H2,(H,25,28)(H,23,24,26). The Balaban J connectivity index is 1.45. The van der Waals surface area contributed by atoms with Crippen molar-refractivity contribution in [1.29, 1.82) is 0 Å². The molecular weight excluding hydrogens is 368 g/mol. The lowest BCUT2D eigenvalue weighted by molar-refractivity contribution is 0.102. The number of hydrogen-bond acceptors (Lipinski definition) is 7. The van der Waals surface area contributed by atoms with Crippen molar-refractivity contribution < 1.29 is 9.53 Å². The van der Waals surface area contributed by atoms with E-state index >= 15 is 0 Å². The summed E-state index contributed by atoms with van der Waals surface area (Å²) in [6.45, 7) is 3.48. The summed E-state index contributed by atoms with van der Waals surface area (Å²) in [4.78, 5) is 27.6. The van der Waals surface area contributed by atoms with Crippen molar-refractivity contribution in [2.24, 2.45) is 0 Å². The van der Waals surface area contributed by atoms with E-state index in [2.05, 4.69) is 30.5 Å². The fraction of sp³-hybridized carbons (Fsp3) is 0.238. The Morgan fingerprint density at radius 2 is 1.93 bits per heavy atom. The van der Waals surface area contributed by atoms with Crippen LogP contribution >= 0.6 is 0 Å². The van der Waals surface area contributed by atoms with Gasteiger partial charge in [0.05, 0.1) is 24.6 Å². The van der Waals surface area contributed by atoms with Crippen LogP contribution in [0.15, 0.2) is 61.1 Å². The third kappa shape index (κ3) is 4.85. The van der Waals surface area contributed by atoms with Crippen molar-refractivity contribution in [2.45, 2.75) is 6.54 Å². The minimum absolute atomic E-state index is 0.280. The Morgan fingerprint density at radius 1 is 1.07 bits per heavy atom. The topological polar surface area (TPSA) is 92.3 Å². The number of anilines is 3. The largest absolute Gasteiger partial charge is 0.378 e. The molecule has 0 spiro atoms. The van der Waals surface area contributed by atoms with Gasteiger partial charge < -0.3 is 20.3 Å². The van der Waals surface area contributed by atoms with Crippen molar-refractivity contribution >= 4 is 23.2 Å². The maximum atomic E-state index is 12.8. The van der Waals surface area contributed by atoms with Gasteiger partial charge in [0, 0.05) is 38.2 Å². The van der Waals surface area contributed by atoms with Gasteiger partial charge in [-0.2, -0.15) is 0 Å². The number of carbonyl (C=O) groups is 1. The van der Waals surface area contributed by atoms with Crippen molar-refractivity contribution in [2.75, 3.05) is 41.8 Å². The molecule has 8 heteroatoms. The zero-order valence-electron chi connectivity index (χ0n) is 15.9. The van der Waals surface area contributed by atoms with Gasteiger partial charge >= 0.3 is 0 Å². The van der Waals surface area contributed by atoms with E-state index in [0.717, 1.165) is 30.0 Å². The number of aromatic nitrogens is 3. The lowest BCUT2D eigenvalue weighted by atomic mass is 10.2. The van der Waals surface area contributed by atoms with Gasteiger partial charge in [-0.1, -0.05) is 18.2 Å². The predicted molar refractivity (Wildman–Crippen MR) is 111 cm³/mol. The molecule has 1 amide bonds. The van der Waals surface area contributed by atoms with Crippen molar-refractivity contribution in [3.63, 3.8) is 0 Å². The van der Waals surface area contributed by atoms with Gasteiger partial charge in [-0.3, -0.25) is 9.78 Å². The van der Waals surface area contributed by atoms with E-state index in [1.807, 2.05) is 36.4 Å². The molecule has 0 saturated carbocycles. The molecule has 1 aliphatic rings. The lowest BCUT2D eigenvalue weighted by Gasteiger charge is -2.30. The number of pyridine rings is 1. The molecule has 1 fully saturated rings. The number of hydrogen-bond donors (Lipinski definition) is 2. The Morgan fingerprint density at radius 3 is 2.76 bits per heavy atom. The Labute approximate surface area is 169 Å². The number of rotatable bonds is 6. The summed E-state index contributed by atoms with van der Waals surface area (Å²) in [6.07, 6.45) is 5.06. The molecule has 2 aromatic heterocycles. The fourth-order valence-corrected chi connectivity index (χ4v) is 3.10. The smallest absolute Gasteiger partial charge is 0.274 e. The highest BCUT2D eigenvalue weighted by Gasteiger charge is 2.17. The minimum Gasteiger partial charge on any atom is -0.378 e. The maximum Gasteiger partial charge on any atom is 0.274 e. The third-order valence-corrected chi connectivity index (χ3v) is 4.57. The Bertz CT molecular complexity index is 960. The SMILES string of the molecule is O=C(Nc1ccccc1N1CCOCC1)c1ccnc(NCc2cccnc2)n1. The molecule has 4 rings (SSSR count). The second kappa shape index (κ2) is 9.11. The average molecular weight is 390 g/mol. The number of amides is 1. The van der Waals surface area contributed by atoms with Gasteiger partial charge in [0.2, 0.25) is 5.95 Å². The molecule has 148 valence electrons. The summed E-state index contributed by atoms with van der Waals surface area (Å²) >= 11 is 0. The summed E-state index contributed by atoms with van der Waals surface area (Å²) in [6, 6.07) is 13.2. The van der Waals surface area contributed by atoms with Crippen LogP contribution in [0.1, 0.15) is 16.1 Å². The van der Waals surface area contributed by atoms with Gasteiger partial charge in [-0.25, -0.2) is 9.97 Å². The summed E-state index contributed by atoms with van der Waals surface area (Å²) in [7, 11) is 0. The molecule has 1 aliphatic heterocycles. The summed E-state index contributed by atoms with van der Waals surface area (Å²) in [5.41, 5.74) is 3.03. The molecule has 1 aromatic carbocycles. The molecule has 3 heterocycles. The monoisotopic (exact) mass is 390 g/mol. The molecule has 0 atom stereocenters. The molecule has 1 saturated heterocycles. The van der Waals surface area contributed by atoms with Crippen molar-refractivity contribution in [3.05, 3.63) is 72.3 Å². The Kier molecular flexibility index (Phi) is 5.92. The molecule has 2 N–H and O–H groups in total. The number of benzene rings is 1. The first-order chi connectivity index (χ1) is 14.3. The van der Waals surface area contributed by atoms with E-state index < -0.39 is 0 Å². The Hall–Kier alpha value is -3.52. The van der Waals surface area contributed by atoms with Crippen LogP contribution in [-0.2, 0) is 11.3 Å². The highest BCUT2D eigenvalue weighted by molar-refractivity contribution is 6.04. The van der Waals surface area contributed by atoms with Crippen molar-refractivity contribution in [1.82, 2.24) is 15.0 Å².